The van der Waals surface area contributed by atoms with Gasteiger partial charge in [-0.1, -0.05) is 54.1 Å². The SMILES string of the molecule is Cc1nc(C)c(Cc2ccc(Cl)cc2)c(N2CCN(c3cc(-c4ccccc4)ncn3)CC2)n1. The molecule has 172 valence electrons. The molecule has 0 spiro atoms. The Bertz CT molecular complexity index is 1270. The van der Waals surface area contributed by atoms with Crippen molar-refractivity contribution in [3.63, 3.8) is 0 Å². The Morgan fingerprint density at radius 3 is 2.26 bits per heavy atom. The number of rotatable bonds is 5. The second-order valence-corrected chi connectivity index (χ2v) is 9.00. The van der Waals surface area contributed by atoms with Crippen molar-refractivity contribution < 1.29 is 0 Å². The highest BCUT2D eigenvalue weighted by atomic mass is 35.5. The molecule has 0 atom stereocenters. The third-order valence-corrected chi connectivity index (χ3v) is 6.48. The highest BCUT2D eigenvalue weighted by molar-refractivity contribution is 6.30. The molecule has 0 aliphatic carbocycles. The fourth-order valence-electron chi connectivity index (χ4n) is 4.43. The number of halogens is 1. The van der Waals surface area contributed by atoms with Crippen LogP contribution in [-0.4, -0.2) is 46.1 Å². The fourth-order valence-corrected chi connectivity index (χ4v) is 4.55. The summed E-state index contributed by atoms with van der Waals surface area (Å²) in [6, 6.07) is 20.3. The van der Waals surface area contributed by atoms with Crippen molar-refractivity contribution in [2.45, 2.75) is 20.3 Å². The molecule has 1 fully saturated rings. The van der Waals surface area contributed by atoms with E-state index in [-0.39, 0.29) is 0 Å². The summed E-state index contributed by atoms with van der Waals surface area (Å²) in [5, 5.41) is 0.747. The number of hydrogen-bond donors (Lipinski definition) is 0. The van der Waals surface area contributed by atoms with Crippen LogP contribution in [0.5, 0.6) is 0 Å². The minimum atomic E-state index is 0.747. The Morgan fingerprint density at radius 1 is 0.824 bits per heavy atom. The predicted molar refractivity (Wildman–Crippen MR) is 138 cm³/mol. The van der Waals surface area contributed by atoms with Crippen molar-refractivity contribution >= 4 is 23.2 Å². The van der Waals surface area contributed by atoms with Crippen LogP contribution in [-0.2, 0) is 6.42 Å². The predicted octanol–water partition coefficient (Wildman–Crippen LogP) is 5.12. The Balaban J connectivity index is 1.34. The van der Waals surface area contributed by atoms with E-state index >= 15 is 0 Å². The molecule has 6 nitrogen and oxygen atoms in total. The van der Waals surface area contributed by atoms with Gasteiger partial charge in [0, 0.05) is 60.5 Å². The summed E-state index contributed by atoms with van der Waals surface area (Å²) in [7, 11) is 0. The topological polar surface area (TPSA) is 58.0 Å². The first-order valence-corrected chi connectivity index (χ1v) is 11.9. The Labute approximate surface area is 205 Å². The van der Waals surface area contributed by atoms with Gasteiger partial charge < -0.3 is 9.80 Å². The maximum Gasteiger partial charge on any atom is 0.136 e. The van der Waals surface area contributed by atoms with E-state index in [1.54, 1.807) is 6.33 Å². The van der Waals surface area contributed by atoms with Gasteiger partial charge in [0.05, 0.1) is 5.69 Å². The fraction of sp³-hybridized carbons (Fsp3) is 0.259. The van der Waals surface area contributed by atoms with Crippen molar-refractivity contribution in [1.82, 2.24) is 19.9 Å². The molecular formula is C27H27ClN6. The lowest BCUT2D eigenvalue weighted by atomic mass is 10.0. The molecule has 1 saturated heterocycles. The smallest absolute Gasteiger partial charge is 0.136 e. The standard InChI is InChI=1S/C27H27ClN6/c1-19-24(16-21-8-10-23(28)11-9-21)27(32-20(2)31-19)34-14-12-33(13-15-34)26-17-25(29-18-30-26)22-6-4-3-5-7-22/h3-11,17-18H,12-16H2,1-2H3. The van der Waals surface area contributed by atoms with Crippen LogP contribution in [0, 0.1) is 13.8 Å². The molecule has 5 rings (SSSR count). The average Bonchev–Trinajstić information content (AvgIpc) is 2.87. The first-order valence-electron chi connectivity index (χ1n) is 11.5. The Kier molecular flexibility index (Phi) is 6.41. The van der Waals surface area contributed by atoms with Crippen molar-refractivity contribution in [2.75, 3.05) is 36.0 Å². The van der Waals surface area contributed by atoms with Gasteiger partial charge in [0.15, 0.2) is 0 Å². The minimum absolute atomic E-state index is 0.747. The highest BCUT2D eigenvalue weighted by Crippen LogP contribution is 2.27. The first kappa shape index (κ1) is 22.3. The zero-order chi connectivity index (χ0) is 23.5. The summed E-state index contributed by atoms with van der Waals surface area (Å²) < 4.78 is 0. The number of piperazine rings is 1. The van der Waals surface area contributed by atoms with E-state index in [2.05, 4.69) is 62.0 Å². The highest BCUT2D eigenvalue weighted by Gasteiger charge is 2.23. The van der Waals surface area contributed by atoms with Gasteiger partial charge in [-0.3, -0.25) is 0 Å². The van der Waals surface area contributed by atoms with Crippen LogP contribution in [0.1, 0.15) is 22.6 Å². The quantitative estimate of drug-likeness (QED) is 0.403. The third kappa shape index (κ3) is 4.87. The van der Waals surface area contributed by atoms with Crippen LogP contribution in [0.3, 0.4) is 0 Å². The molecule has 0 amide bonds. The van der Waals surface area contributed by atoms with E-state index in [0.29, 0.717) is 0 Å². The number of anilines is 2. The first-order chi connectivity index (χ1) is 16.6. The second kappa shape index (κ2) is 9.77. The maximum atomic E-state index is 6.08. The number of aromatic nitrogens is 4. The summed E-state index contributed by atoms with van der Waals surface area (Å²) in [6.45, 7) is 7.51. The van der Waals surface area contributed by atoms with Crippen LogP contribution in [0.25, 0.3) is 11.3 Å². The van der Waals surface area contributed by atoms with Gasteiger partial charge in [-0.05, 0) is 31.5 Å². The van der Waals surface area contributed by atoms with Gasteiger partial charge in [-0.25, -0.2) is 19.9 Å². The monoisotopic (exact) mass is 470 g/mol. The lowest BCUT2D eigenvalue weighted by Gasteiger charge is -2.37. The van der Waals surface area contributed by atoms with Gasteiger partial charge in [0.25, 0.3) is 0 Å². The number of aryl methyl sites for hydroxylation is 2. The lowest BCUT2D eigenvalue weighted by molar-refractivity contribution is 0.636. The van der Waals surface area contributed by atoms with Crippen molar-refractivity contribution in [2.24, 2.45) is 0 Å². The molecule has 0 radical (unpaired) electrons. The van der Waals surface area contributed by atoms with E-state index < -0.39 is 0 Å². The summed E-state index contributed by atoms with van der Waals surface area (Å²) in [5.74, 6) is 2.80. The van der Waals surface area contributed by atoms with Crippen molar-refractivity contribution in [3.05, 3.63) is 94.7 Å². The van der Waals surface area contributed by atoms with Gasteiger partial charge in [0.2, 0.25) is 0 Å². The van der Waals surface area contributed by atoms with Crippen LogP contribution >= 0.6 is 11.6 Å². The van der Waals surface area contributed by atoms with E-state index in [1.165, 1.54) is 11.1 Å². The van der Waals surface area contributed by atoms with E-state index in [9.17, 15) is 0 Å². The molecular weight excluding hydrogens is 444 g/mol. The molecule has 1 aliphatic heterocycles. The molecule has 34 heavy (non-hydrogen) atoms. The summed E-state index contributed by atoms with van der Waals surface area (Å²) in [4.78, 5) is 23.2. The molecule has 1 aliphatic rings. The molecule has 2 aromatic carbocycles. The molecule has 0 bridgehead atoms. The molecule has 7 heteroatoms. The van der Waals surface area contributed by atoms with Crippen LogP contribution in [0.15, 0.2) is 67.0 Å². The molecule has 0 N–H and O–H groups in total. The molecule has 2 aromatic heterocycles. The lowest BCUT2D eigenvalue weighted by Crippen LogP contribution is -2.47. The second-order valence-electron chi connectivity index (χ2n) is 8.56. The molecule has 3 heterocycles. The zero-order valence-corrected chi connectivity index (χ0v) is 20.2. The van der Waals surface area contributed by atoms with Crippen LogP contribution in [0.2, 0.25) is 5.02 Å². The van der Waals surface area contributed by atoms with Crippen LogP contribution in [0.4, 0.5) is 11.6 Å². The number of hydrogen-bond acceptors (Lipinski definition) is 6. The normalized spacial score (nSPS) is 13.9. The van der Waals surface area contributed by atoms with E-state index in [1.807, 2.05) is 37.3 Å². The Morgan fingerprint density at radius 2 is 1.53 bits per heavy atom. The van der Waals surface area contributed by atoms with Crippen molar-refractivity contribution in [3.8, 4) is 11.3 Å². The van der Waals surface area contributed by atoms with E-state index in [0.717, 1.165) is 72.0 Å². The van der Waals surface area contributed by atoms with Gasteiger partial charge >= 0.3 is 0 Å². The van der Waals surface area contributed by atoms with E-state index in [4.69, 9.17) is 16.6 Å². The summed E-state index contributed by atoms with van der Waals surface area (Å²) in [6.07, 6.45) is 2.44. The third-order valence-electron chi connectivity index (χ3n) is 6.22. The Hall–Kier alpha value is -3.51. The maximum absolute atomic E-state index is 6.08. The van der Waals surface area contributed by atoms with Gasteiger partial charge in [0.1, 0.15) is 23.8 Å². The largest absolute Gasteiger partial charge is 0.353 e. The molecule has 0 saturated carbocycles. The minimum Gasteiger partial charge on any atom is -0.353 e. The van der Waals surface area contributed by atoms with Gasteiger partial charge in [-0.15, -0.1) is 0 Å². The summed E-state index contributed by atoms with van der Waals surface area (Å²) >= 11 is 6.08. The number of nitrogens with zero attached hydrogens (tertiary/aromatic N) is 6. The summed E-state index contributed by atoms with van der Waals surface area (Å²) in [5.41, 5.74) is 5.45. The molecule has 4 aromatic rings. The van der Waals surface area contributed by atoms with Crippen molar-refractivity contribution in [1.29, 1.82) is 0 Å². The molecule has 0 unspecified atom stereocenters. The number of benzene rings is 2. The van der Waals surface area contributed by atoms with Gasteiger partial charge in [-0.2, -0.15) is 0 Å². The van der Waals surface area contributed by atoms with Crippen LogP contribution < -0.4 is 9.80 Å². The average molecular weight is 471 g/mol. The zero-order valence-electron chi connectivity index (χ0n) is 19.4.